The van der Waals surface area contributed by atoms with Crippen molar-refractivity contribution < 1.29 is 0 Å². The highest BCUT2D eigenvalue weighted by atomic mass is 15.1. The molecule has 0 aliphatic heterocycles. The van der Waals surface area contributed by atoms with Gasteiger partial charge in [-0.15, -0.1) is 0 Å². The third-order valence-corrected chi connectivity index (χ3v) is 4.73. The van der Waals surface area contributed by atoms with Crippen LogP contribution < -0.4 is 4.90 Å². The first-order valence-corrected chi connectivity index (χ1v) is 10.2. The summed E-state index contributed by atoms with van der Waals surface area (Å²) in [5.41, 5.74) is 3.93. The Balaban J connectivity index is 1.92. The van der Waals surface area contributed by atoms with Crippen LogP contribution in [0.5, 0.6) is 0 Å². The Bertz CT molecular complexity index is 606. The molecule has 0 saturated heterocycles. The second-order valence-electron chi connectivity index (χ2n) is 6.95. The van der Waals surface area contributed by atoms with Crippen LogP contribution in [-0.2, 0) is 6.42 Å². The standard InChI is InChI=1S/C24H34N2/c1-3-5-7-20-26(21-8-6-4-2)24-14-12-22(13-15-24)10-9-11-23-16-18-25-19-17-23/h9-10,12-19H,3-8,11,20-21H2,1-2H3. The Morgan fingerprint density at radius 3 is 2.00 bits per heavy atom. The number of unbranched alkanes of at least 4 members (excludes halogenated alkanes) is 4. The molecule has 0 saturated carbocycles. The number of pyridine rings is 1. The summed E-state index contributed by atoms with van der Waals surface area (Å²) in [6.07, 6.45) is 16.9. The molecule has 0 aliphatic carbocycles. The molecule has 26 heavy (non-hydrogen) atoms. The van der Waals surface area contributed by atoms with Gasteiger partial charge >= 0.3 is 0 Å². The van der Waals surface area contributed by atoms with Crippen molar-refractivity contribution in [1.82, 2.24) is 4.98 Å². The molecule has 1 aromatic heterocycles. The zero-order chi connectivity index (χ0) is 18.5. The Morgan fingerprint density at radius 2 is 1.42 bits per heavy atom. The lowest BCUT2D eigenvalue weighted by atomic mass is 10.1. The molecular formula is C24H34N2. The first kappa shape index (κ1) is 20.2. The van der Waals surface area contributed by atoms with E-state index in [0.29, 0.717) is 0 Å². The fourth-order valence-electron chi connectivity index (χ4n) is 3.12. The van der Waals surface area contributed by atoms with Crippen molar-refractivity contribution in [1.29, 1.82) is 0 Å². The normalized spacial score (nSPS) is 11.2. The summed E-state index contributed by atoms with van der Waals surface area (Å²) in [7, 11) is 0. The van der Waals surface area contributed by atoms with Gasteiger partial charge in [-0.05, 0) is 54.7 Å². The smallest absolute Gasteiger partial charge is 0.0366 e. The topological polar surface area (TPSA) is 16.1 Å². The van der Waals surface area contributed by atoms with Gasteiger partial charge in [0, 0.05) is 31.2 Å². The summed E-state index contributed by atoms with van der Waals surface area (Å²) in [6, 6.07) is 13.2. The number of rotatable bonds is 12. The molecule has 0 amide bonds. The number of anilines is 1. The second-order valence-corrected chi connectivity index (χ2v) is 6.95. The summed E-state index contributed by atoms with van der Waals surface area (Å²) >= 11 is 0. The van der Waals surface area contributed by atoms with E-state index in [-0.39, 0.29) is 0 Å². The second kappa shape index (κ2) is 12.3. The van der Waals surface area contributed by atoms with Crippen molar-refractivity contribution in [3.8, 4) is 0 Å². The van der Waals surface area contributed by atoms with Gasteiger partial charge in [0.15, 0.2) is 0 Å². The Kier molecular flexibility index (Phi) is 9.56. The summed E-state index contributed by atoms with van der Waals surface area (Å²) in [5, 5.41) is 0. The minimum absolute atomic E-state index is 0.949. The van der Waals surface area contributed by atoms with Crippen LogP contribution in [0.25, 0.3) is 6.08 Å². The maximum Gasteiger partial charge on any atom is 0.0366 e. The van der Waals surface area contributed by atoms with Crippen LogP contribution in [0.4, 0.5) is 5.69 Å². The highest BCUT2D eigenvalue weighted by Gasteiger charge is 2.05. The van der Waals surface area contributed by atoms with Crippen LogP contribution in [0.1, 0.15) is 63.5 Å². The minimum atomic E-state index is 0.949. The molecule has 1 aromatic carbocycles. The van der Waals surface area contributed by atoms with Gasteiger partial charge in [0.25, 0.3) is 0 Å². The third-order valence-electron chi connectivity index (χ3n) is 4.73. The van der Waals surface area contributed by atoms with Gasteiger partial charge in [-0.2, -0.15) is 0 Å². The molecule has 0 bridgehead atoms. The Morgan fingerprint density at radius 1 is 0.808 bits per heavy atom. The van der Waals surface area contributed by atoms with Crippen LogP contribution in [0.15, 0.2) is 54.9 Å². The first-order valence-electron chi connectivity index (χ1n) is 10.2. The molecule has 2 rings (SSSR count). The van der Waals surface area contributed by atoms with E-state index in [4.69, 9.17) is 0 Å². The lowest BCUT2D eigenvalue weighted by molar-refractivity contribution is 0.636. The molecule has 0 N–H and O–H groups in total. The maximum absolute atomic E-state index is 4.06. The van der Waals surface area contributed by atoms with Crippen molar-refractivity contribution in [2.75, 3.05) is 18.0 Å². The molecule has 2 aromatic rings. The van der Waals surface area contributed by atoms with E-state index in [1.807, 2.05) is 12.4 Å². The van der Waals surface area contributed by atoms with Crippen LogP contribution in [0.2, 0.25) is 0 Å². The number of allylic oxidation sites excluding steroid dienone is 1. The average Bonchev–Trinajstić information content (AvgIpc) is 2.68. The van der Waals surface area contributed by atoms with Crippen LogP contribution in [0.3, 0.4) is 0 Å². The molecule has 0 aliphatic rings. The summed E-state index contributed by atoms with van der Waals surface area (Å²) in [5.74, 6) is 0. The largest absolute Gasteiger partial charge is 0.372 e. The fourth-order valence-corrected chi connectivity index (χ4v) is 3.12. The molecule has 0 unspecified atom stereocenters. The monoisotopic (exact) mass is 350 g/mol. The quantitative estimate of drug-likeness (QED) is 0.405. The molecule has 0 radical (unpaired) electrons. The molecule has 2 nitrogen and oxygen atoms in total. The number of aromatic nitrogens is 1. The Hall–Kier alpha value is -2.09. The van der Waals surface area contributed by atoms with E-state index >= 15 is 0 Å². The van der Waals surface area contributed by atoms with Crippen molar-refractivity contribution in [3.63, 3.8) is 0 Å². The predicted molar refractivity (Wildman–Crippen MR) is 115 cm³/mol. The molecule has 1 heterocycles. The van der Waals surface area contributed by atoms with Crippen LogP contribution in [-0.4, -0.2) is 18.1 Å². The van der Waals surface area contributed by atoms with E-state index in [0.717, 1.165) is 6.42 Å². The SMILES string of the molecule is CCCCCN(CCCCC)c1ccc(C=CCc2ccncc2)cc1. The Labute approximate surface area is 160 Å². The number of hydrogen-bond acceptors (Lipinski definition) is 2. The molecule has 140 valence electrons. The van der Waals surface area contributed by atoms with Gasteiger partial charge in [-0.25, -0.2) is 0 Å². The third kappa shape index (κ3) is 7.43. The summed E-state index contributed by atoms with van der Waals surface area (Å²) in [6.45, 7) is 6.90. The van der Waals surface area contributed by atoms with E-state index in [2.05, 4.69) is 72.3 Å². The first-order chi connectivity index (χ1) is 12.8. The van der Waals surface area contributed by atoms with Gasteiger partial charge < -0.3 is 4.90 Å². The van der Waals surface area contributed by atoms with Crippen molar-refractivity contribution >= 4 is 11.8 Å². The molecule has 0 spiro atoms. The van der Waals surface area contributed by atoms with Crippen molar-refractivity contribution in [2.24, 2.45) is 0 Å². The van der Waals surface area contributed by atoms with Crippen molar-refractivity contribution in [2.45, 2.75) is 58.8 Å². The van der Waals surface area contributed by atoms with E-state index < -0.39 is 0 Å². The van der Waals surface area contributed by atoms with Gasteiger partial charge in [-0.3, -0.25) is 4.98 Å². The summed E-state index contributed by atoms with van der Waals surface area (Å²) < 4.78 is 0. The highest BCUT2D eigenvalue weighted by Crippen LogP contribution is 2.18. The lowest BCUT2D eigenvalue weighted by Crippen LogP contribution is -2.25. The average molecular weight is 351 g/mol. The van der Waals surface area contributed by atoms with Crippen molar-refractivity contribution in [3.05, 3.63) is 66.0 Å². The molecule has 0 atom stereocenters. The van der Waals surface area contributed by atoms with E-state index in [1.54, 1.807) is 0 Å². The lowest BCUT2D eigenvalue weighted by Gasteiger charge is -2.25. The maximum atomic E-state index is 4.06. The zero-order valence-corrected chi connectivity index (χ0v) is 16.5. The van der Waals surface area contributed by atoms with Gasteiger partial charge in [-0.1, -0.05) is 63.8 Å². The number of hydrogen-bond donors (Lipinski definition) is 0. The minimum Gasteiger partial charge on any atom is -0.372 e. The molecule has 0 fully saturated rings. The van der Waals surface area contributed by atoms with E-state index in [9.17, 15) is 0 Å². The zero-order valence-electron chi connectivity index (χ0n) is 16.5. The molecule has 2 heteroatoms. The van der Waals surface area contributed by atoms with Crippen LogP contribution in [0, 0.1) is 0 Å². The van der Waals surface area contributed by atoms with Gasteiger partial charge in [0.2, 0.25) is 0 Å². The van der Waals surface area contributed by atoms with Gasteiger partial charge in [0.05, 0.1) is 0 Å². The molecular weight excluding hydrogens is 316 g/mol. The van der Waals surface area contributed by atoms with Gasteiger partial charge in [0.1, 0.15) is 0 Å². The predicted octanol–water partition coefficient (Wildman–Crippen LogP) is 6.52. The number of nitrogens with zero attached hydrogens (tertiary/aromatic N) is 2. The number of benzene rings is 1. The van der Waals surface area contributed by atoms with Crippen LogP contribution >= 0.6 is 0 Å². The highest BCUT2D eigenvalue weighted by molar-refractivity contribution is 5.56. The fraction of sp³-hybridized carbons (Fsp3) is 0.458. The van der Waals surface area contributed by atoms with E-state index in [1.165, 1.54) is 68.4 Å². The summed E-state index contributed by atoms with van der Waals surface area (Å²) in [4.78, 5) is 6.63.